The van der Waals surface area contributed by atoms with Crippen LogP contribution in [0.4, 0.5) is 17.1 Å². The van der Waals surface area contributed by atoms with Crippen molar-refractivity contribution in [2.75, 3.05) is 4.90 Å². The van der Waals surface area contributed by atoms with Crippen molar-refractivity contribution in [3.05, 3.63) is 234 Å². The van der Waals surface area contributed by atoms with Crippen LogP contribution in [0.3, 0.4) is 0 Å². The molecule has 0 heterocycles. The Balaban J connectivity index is 1.15. The summed E-state index contributed by atoms with van der Waals surface area (Å²) in [6.07, 6.45) is 0. The van der Waals surface area contributed by atoms with Gasteiger partial charge in [0.2, 0.25) is 0 Å². The minimum absolute atomic E-state index is 0.108. The van der Waals surface area contributed by atoms with Crippen LogP contribution < -0.4 is 4.90 Å². The first-order valence-electron chi connectivity index (χ1n) is 20.1. The standard InChI is InChI=1S/C56H39N/c1-55(2)48-26-11-8-21-42(48)45-32-30-38(34-52(45)55)57(37-18-4-3-5-19-37)39-31-33-47-53(35-39)56(49-27-12-9-22-43(49)44-23-10-13-28-50(44)56)51-29-15-25-46(54(47)51)41-24-14-17-36-16-6-7-20-40(36)41/h3-35H,1-2H3. The smallest absolute Gasteiger partial charge is 0.0726 e. The number of rotatable bonds is 4. The molecule has 0 fully saturated rings. The second kappa shape index (κ2) is 11.8. The number of benzene rings is 9. The molecule has 9 aromatic carbocycles. The number of fused-ring (bicyclic) bond motifs is 14. The number of anilines is 3. The number of nitrogens with zero attached hydrogens (tertiary/aromatic N) is 1. The van der Waals surface area contributed by atoms with Crippen LogP contribution in [0, 0.1) is 0 Å². The highest BCUT2D eigenvalue weighted by Gasteiger charge is 2.52. The summed E-state index contributed by atoms with van der Waals surface area (Å²) in [5.41, 5.74) is 21.4. The first kappa shape index (κ1) is 32.3. The SMILES string of the molecule is CC1(C)c2ccccc2-c2ccc(N(c3ccccc3)c3ccc4c(c3)C3(c5ccccc5-c5ccccc53)c3cccc(-c5cccc6ccccc56)c3-4)cc21. The molecule has 0 bridgehead atoms. The van der Waals surface area contributed by atoms with Crippen molar-refractivity contribution in [3.8, 4) is 44.5 Å². The second-order valence-electron chi connectivity index (χ2n) is 16.4. The summed E-state index contributed by atoms with van der Waals surface area (Å²) in [4.78, 5) is 2.47. The van der Waals surface area contributed by atoms with E-state index in [0.717, 1.165) is 17.1 Å². The van der Waals surface area contributed by atoms with Gasteiger partial charge in [0, 0.05) is 22.5 Å². The van der Waals surface area contributed by atoms with Crippen molar-refractivity contribution in [1.82, 2.24) is 0 Å². The summed E-state index contributed by atoms with van der Waals surface area (Å²) in [5.74, 6) is 0. The third kappa shape index (κ3) is 4.29. The third-order valence-electron chi connectivity index (χ3n) is 13.3. The van der Waals surface area contributed by atoms with Crippen LogP contribution >= 0.6 is 0 Å². The number of hydrogen-bond donors (Lipinski definition) is 0. The molecule has 0 unspecified atom stereocenters. The van der Waals surface area contributed by atoms with E-state index in [1.54, 1.807) is 0 Å². The summed E-state index contributed by atoms with van der Waals surface area (Å²) in [5, 5.41) is 2.53. The quantitative estimate of drug-likeness (QED) is 0.175. The van der Waals surface area contributed by atoms with Gasteiger partial charge in [0.25, 0.3) is 0 Å². The molecule has 0 amide bonds. The largest absolute Gasteiger partial charge is 0.310 e. The van der Waals surface area contributed by atoms with Crippen molar-refractivity contribution < 1.29 is 0 Å². The van der Waals surface area contributed by atoms with Crippen LogP contribution in [0.2, 0.25) is 0 Å². The maximum Gasteiger partial charge on any atom is 0.0726 e. The minimum Gasteiger partial charge on any atom is -0.310 e. The summed E-state index contributed by atoms with van der Waals surface area (Å²) in [7, 11) is 0. The van der Waals surface area contributed by atoms with E-state index in [1.807, 2.05) is 0 Å². The molecule has 0 saturated carbocycles. The van der Waals surface area contributed by atoms with Crippen molar-refractivity contribution >= 4 is 27.8 Å². The molecule has 3 aliphatic rings. The zero-order valence-electron chi connectivity index (χ0n) is 32.0. The van der Waals surface area contributed by atoms with Gasteiger partial charge in [-0.2, -0.15) is 0 Å². The van der Waals surface area contributed by atoms with Crippen LogP contribution in [0.1, 0.15) is 47.2 Å². The predicted molar refractivity (Wildman–Crippen MR) is 238 cm³/mol. The van der Waals surface area contributed by atoms with Crippen molar-refractivity contribution in [3.63, 3.8) is 0 Å². The van der Waals surface area contributed by atoms with E-state index in [2.05, 4.69) is 219 Å². The lowest BCUT2D eigenvalue weighted by molar-refractivity contribution is 0.660. The van der Waals surface area contributed by atoms with Crippen LogP contribution in [0.25, 0.3) is 55.3 Å². The van der Waals surface area contributed by atoms with Gasteiger partial charge in [-0.25, -0.2) is 0 Å². The highest BCUT2D eigenvalue weighted by molar-refractivity contribution is 6.06. The number of hydrogen-bond acceptors (Lipinski definition) is 1. The fourth-order valence-corrected chi connectivity index (χ4v) is 10.9. The molecule has 3 aliphatic carbocycles. The van der Waals surface area contributed by atoms with Crippen LogP contribution in [-0.2, 0) is 10.8 Å². The molecule has 0 saturated heterocycles. The monoisotopic (exact) mass is 725 g/mol. The molecule has 12 rings (SSSR count). The summed E-state index contributed by atoms with van der Waals surface area (Å²) in [6.45, 7) is 4.74. The molecule has 1 heteroatoms. The third-order valence-corrected chi connectivity index (χ3v) is 13.3. The zero-order chi connectivity index (χ0) is 37.9. The molecule has 0 N–H and O–H groups in total. The first-order valence-corrected chi connectivity index (χ1v) is 20.1. The lowest BCUT2D eigenvalue weighted by Gasteiger charge is -2.32. The molecule has 0 aromatic heterocycles. The average molecular weight is 726 g/mol. The Kier molecular flexibility index (Phi) is 6.67. The van der Waals surface area contributed by atoms with Crippen molar-refractivity contribution in [1.29, 1.82) is 0 Å². The Bertz CT molecular complexity index is 3060. The molecule has 0 atom stereocenters. The minimum atomic E-state index is -0.488. The van der Waals surface area contributed by atoms with Gasteiger partial charge in [-0.1, -0.05) is 178 Å². The molecule has 57 heavy (non-hydrogen) atoms. The van der Waals surface area contributed by atoms with E-state index in [9.17, 15) is 0 Å². The molecule has 1 nitrogen and oxygen atoms in total. The van der Waals surface area contributed by atoms with Gasteiger partial charge in [-0.05, 0) is 125 Å². The van der Waals surface area contributed by atoms with Gasteiger partial charge in [0.05, 0.1) is 5.41 Å². The van der Waals surface area contributed by atoms with Gasteiger partial charge < -0.3 is 4.90 Å². The van der Waals surface area contributed by atoms with Gasteiger partial charge in [0.1, 0.15) is 0 Å². The normalized spacial score (nSPS) is 14.4. The van der Waals surface area contributed by atoms with E-state index >= 15 is 0 Å². The molecular formula is C56H39N. The van der Waals surface area contributed by atoms with Crippen LogP contribution in [-0.4, -0.2) is 0 Å². The Labute approximate surface area is 334 Å². The molecule has 268 valence electrons. The summed E-state index contributed by atoms with van der Waals surface area (Å²) >= 11 is 0. The topological polar surface area (TPSA) is 3.24 Å². The van der Waals surface area contributed by atoms with E-state index in [1.165, 1.54) is 88.7 Å². The molecular weight excluding hydrogens is 687 g/mol. The van der Waals surface area contributed by atoms with E-state index < -0.39 is 5.41 Å². The lowest BCUT2D eigenvalue weighted by atomic mass is 9.70. The highest BCUT2D eigenvalue weighted by atomic mass is 15.1. The maximum atomic E-state index is 2.52. The lowest BCUT2D eigenvalue weighted by Crippen LogP contribution is -2.26. The fourth-order valence-electron chi connectivity index (χ4n) is 10.9. The van der Waals surface area contributed by atoms with E-state index in [4.69, 9.17) is 0 Å². The summed E-state index contributed by atoms with van der Waals surface area (Å²) < 4.78 is 0. The highest BCUT2D eigenvalue weighted by Crippen LogP contribution is 2.65. The van der Waals surface area contributed by atoms with Gasteiger partial charge in [0.15, 0.2) is 0 Å². The van der Waals surface area contributed by atoms with Crippen molar-refractivity contribution in [2.24, 2.45) is 0 Å². The Hall–Kier alpha value is -6.96. The molecule has 0 aliphatic heterocycles. The van der Waals surface area contributed by atoms with Gasteiger partial charge in [-0.15, -0.1) is 0 Å². The Morgan fingerprint density at radius 3 is 1.54 bits per heavy atom. The second-order valence-corrected chi connectivity index (χ2v) is 16.4. The van der Waals surface area contributed by atoms with Crippen molar-refractivity contribution in [2.45, 2.75) is 24.7 Å². The maximum absolute atomic E-state index is 2.52. The van der Waals surface area contributed by atoms with Gasteiger partial charge in [-0.3, -0.25) is 0 Å². The first-order chi connectivity index (χ1) is 28.0. The molecule has 0 radical (unpaired) electrons. The van der Waals surface area contributed by atoms with Gasteiger partial charge >= 0.3 is 0 Å². The molecule has 1 spiro atoms. The zero-order valence-corrected chi connectivity index (χ0v) is 32.0. The van der Waals surface area contributed by atoms with Crippen LogP contribution in [0.15, 0.2) is 200 Å². The molecule has 9 aromatic rings. The Morgan fingerprint density at radius 1 is 0.316 bits per heavy atom. The fraction of sp³-hybridized carbons (Fsp3) is 0.0714. The van der Waals surface area contributed by atoms with E-state index in [-0.39, 0.29) is 5.41 Å². The summed E-state index contributed by atoms with van der Waals surface area (Å²) in [6, 6.07) is 75.0. The number of para-hydroxylation sites is 1. The Morgan fingerprint density at radius 2 is 0.807 bits per heavy atom. The average Bonchev–Trinajstić information content (AvgIpc) is 3.82. The van der Waals surface area contributed by atoms with Crippen LogP contribution in [0.5, 0.6) is 0 Å². The van der Waals surface area contributed by atoms with E-state index in [0.29, 0.717) is 0 Å². The predicted octanol–water partition coefficient (Wildman–Crippen LogP) is 14.6.